The molecule has 1 aromatic rings. The molecule has 19 heavy (non-hydrogen) atoms. The fraction of sp³-hybridized carbons (Fsp3) is 0.500. The lowest BCUT2D eigenvalue weighted by molar-refractivity contribution is -0.0158. The maximum absolute atomic E-state index is 12.2. The first-order valence-electron chi connectivity index (χ1n) is 6.37. The Kier molecular flexibility index (Phi) is 4.07. The fourth-order valence-electron chi connectivity index (χ4n) is 2.24. The van der Waals surface area contributed by atoms with Crippen LogP contribution in [0.2, 0.25) is 0 Å². The highest BCUT2D eigenvalue weighted by molar-refractivity contribution is 6.00. The summed E-state index contributed by atoms with van der Waals surface area (Å²) in [5.74, 6) is -0.282. The second-order valence-electron chi connectivity index (χ2n) is 4.95. The monoisotopic (exact) mass is 265 g/mol. The fourth-order valence-corrected chi connectivity index (χ4v) is 2.24. The van der Waals surface area contributed by atoms with Crippen LogP contribution < -0.4 is 0 Å². The predicted molar refractivity (Wildman–Crippen MR) is 70.7 cm³/mol. The summed E-state index contributed by atoms with van der Waals surface area (Å²) in [7, 11) is 0. The minimum atomic E-state index is -0.144. The largest absolute Gasteiger partial charge is 0.508 e. The number of carbonyl (C=O) groups is 1. The quantitative estimate of drug-likeness (QED) is 0.806. The first kappa shape index (κ1) is 13.8. The van der Waals surface area contributed by atoms with Crippen molar-refractivity contribution < 1.29 is 19.7 Å². The minimum absolute atomic E-state index is 0.00551. The Bertz CT molecular complexity index is 487. The van der Waals surface area contributed by atoms with E-state index in [0.29, 0.717) is 25.3 Å². The molecule has 0 aliphatic carbocycles. The molecule has 1 heterocycles. The molecule has 1 aromatic carbocycles. The normalized spacial score (nSPS) is 20.4. The molecular formula is C14H19NO4. The average molecular weight is 265 g/mol. The highest BCUT2D eigenvalue weighted by atomic mass is 16.5. The van der Waals surface area contributed by atoms with Crippen molar-refractivity contribution in [3.63, 3.8) is 0 Å². The number of rotatable bonds is 3. The predicted octanol–water partition coefficient (Wildman–Crippen LogP) is 1.31. The van der Waals surface area contributed by atoms with Gasteiger partial charge in [0.1, 0.15) is 11.5 Å². The van der Waals surface area contributed by atoms with Crippen LogP contribution in [-0.4, -0.2) is 53.2 Å². The number of benzene rings is 1. The minimum Gasteiger partial charge on any atom is -0.508 e. The molecule has 1 aliphatic heterocycles. The van der Waals surface area contributed by atoms with E-state index in [1.54, 1.807) is 6.92 Å². The molecule has 2 N–H and O–H groups in total. The summed E-state index contributed by atoms with van der Waals surface area (Å²) in [5.41, 5.74) is 0.593. The number of phenols is 2. The zero-order valence-corrected chi connectivity index (χ0v) is 11.2. The number of ether oxygens (including phenoxy) is 1. The van der Waals surface area contributed by atoms with Gasteiger partial charge < -0.3 is 14.9 Å². The topological polar surface area (TPSA) is 70.0 Å². The van der Waals surface area contributed by atoms with E-state index < -0.39 is 0 Å². The van der Waals surface area contributed by atoms with Crippen molar-refractivity contribution in [3.05, 3.63) is 23.3 Å². The van der Waals surface area contributed by atoms with Crippen molar-refractivity contribution in [1.82, 2.24) is 4.90 Å². The van der Waals surface area contributed by atoms with Gasteiger partial charge in [0.25, 0.3) is 0 Å². The van der Waals surface area contributed by atoms with Crippen molar-refractivity contribution in [2.45, 2.75) is 20.0 Å². The summed E-state index contributed by atoms with van der Waals surface area (Å²) in [6.07, 6.45) is 0.122. The molecule has 0 radical (unpaired) electrons. The van der Waals surface area contributed by atoms with Gasteiger partial charge in [-0.1, -0.05) is 0 Å². The Morgan fingerprint density at radius 3 is 2.89 bits per heavy atom. The lowest BCUT2D eigenvalue weighted by Crippen LogP contribution is -2.43. The molecule has 0 aromatic heterocycles. The van der Waals surface area contributed by atoms with Gasteiger partial charge in [-0.05, 0) is 26.0 Å². The van der Waals surface area contributed by atoms with Crippen molar-refractivity contribution in [2.24, 2.45) is 0 Å². The molecule has 2 rings (SSSR count). The number of morpholine rings is 1. The van der Waals surface area contributed by atoms with E-state index in [4.69, 9.17) is 4.74 Å². The van der Waals surface area contributed by atoms with Crippen LogP contribution in [0.25, 0.3) is 0 Å². The molecule has 0 unspecified atom stereocenters. The lowest BCUT2D eigenvalue weighted by atomic mass is 10.0. The van der Waals surface area contributed by atoms with Crippen LogP contribution in [0, 0.1) is 6.92 Å². The van der Waals surface area contributed by atoms with E-state index in [-0.39, 0.29) is 35.5 Å². The van der Waals surface area contributed by atoms with E-state index in [2.05, 4.69) is 0 Å². The zero-order valence-electron chi connectivity index (χ0n) is 11.2. The van der Waals surface area contributed by atoms with Crippen LogP contribution in [0.5, 0.6) is 11.5 Å². The van der Waals surface area contributed by atoms with E-state index in [1.165, 1.54) is 12.1 Å². The molecule has 0 saturated carbocycles. The number of ketones is 1. The number of hydrogen-bond acceptors (Lipinski definition) is 5. The highest BCUT2D eigenvalue weighted by Gasteiger charge is 2.22. The standard InChI is InChI=1S/C14H19NO4/c1-9-7-15(5-6-19-9)8-13(17)11-3-4-12(16)10(2)14(11)18/h3-4,9,16,18H,5-8H2,1-2H3/t9-/m0/s1. The summed E-state index contributed by atoms with van der Waals surface area (Å²) >= 11 is 0. The van der Waals surface area contributed by atoms with Crippen LogP contribution >= 0.6 is 0 Å². The van der Waals surface area contributed by atoms with Gasteiger partial charge >= 0.3 is 0 Å². The van der Waals surface area contributed by atoms with Crippen LogP contribution in [0.15, 0.2) is 12.1 Å². The number of phenolic OH excluding ortho intramolecular Hbond substituents is 2. The van der Waals surface area contributed by atoms with E-state index in [1.807, 2.05) is 11.8 Å². The summed E-state index contributed by atoms with van der Waals surface area (Å²) in [6.45, 7) is 5.86. The Morgan fingerprint density at radius 1 is 1.47 bits per heavy atom. The van der Waals surface area contributed by atoms with E-state index in [9.17, 15) is 15.0 Å². The van der Waals surface area contributed by atoms with Crippen LogP contribution in [0.1, 0.15) is 22.8 Å². The Hall–Kier alpha value is -1.59. The molecule has 5 nitrogen and oxygen atoms in total. The van der Waals surface area contributed by atoms with Gasteiger partial charge in [-0.15, -0.1) is 0 Å². The van der Waals surface area contributed by atoms with Gasteiger partial charge in [0.05, 0.1) is 24.8 Å². The SMILES string of the molecule is Cc1c(O)ccc(C(=O)CN2CCO[C@@H](C)C2)c1O. The molecule has 1 saturated heterocycles. The maximum atomic E-state index is 12.2. The Balaban J connectivity index is 2.10. The maximum Gasteiger partial charge on any atom is 0.180 e. The lowest BCUT2D eigenvalue weighted by Gasteiger charge is -2.30. The third kappa shape index (κ3) is 3.05. The first-order valence-corrected chi connectivity index (χ1v) is 6.37. The van der Waals surface area contributed by atoms with Gasteiger partial charge in [-0.25, -0.2) is 0 Å². The van der Waals surface area contributed by atoms with Gasteiger partial charge in [0, 0.05) is 18.7 Å². The number of nitrogens with zero attached hydrogens (tertiary/aromatic N) is 1. The molecule has 1 fully saturated rings. The molecule has 5 heteroatoms. The molecule has 1 atom stereocenters. The van der Waals surface area contributed by atoms with Crippen molar-refractivity contribution in [3.8, 4) is 11.5 Å². The summed E-state index contributed by atoms with van der Waals surface area (Å²) in [4.78, 5) is 14.2. The van der Waals surface area contributed by atoms with Gasteiger partial charge in [0.15, 0.2) is 5.78 Å². The molecule has 0 spiro atoms. The molecule has 0 amide bonds. The van der Waals surface area contributed by atoms with Crippen molar-refractivity contribution in [1.29, 1.82) is 0 Å². The third-order valence-electron chi connectivity index (χ3n) is 3.40. The van der Waals surface area contributed by atoms with E-state index >= 15 is 0 Å². The van der Waals surface area contributed by atoms with E-state index in [0.717, 1.165) is 0 Å². The summed E-state index contributed by atoms with van der Waals surface area (Å²) in [6, 6.07) is 2.90. The number of carbonyl (C=O) groups excluding carboxylic acids is 1. The highest BCUT2D eigenvalue weighted by Crippen LogP contribution is 2.29. The van der Waals surface area contributed by atoms with Gasteiger partial charge in [-0.2, -0.15) is 0 Å². The van der Waals surface area contributed by atoms with Crippen molar-refractivity contribution >= 4 is 5.78 Å². The van der Waals surface area contributed by atoms with Crippen LogP contribution in [0.3, 0.4) is 0 Å². The van der Waals surface area contributed by atoms with Crippen LogP contribution in [-0.2, 0) is 4.74 Å². The zero-order chi connectivity index (χ0) is 14.0. The van der Waals surface area contributed by atoms with Crippen molar-refractivity contribution in [2.75, 3.05) is 26.2 Å². The number of Topliss-reactive ketones (excluding diaryl/α,β-unsaturated/α-hetero) is 1. The summed E-state index contributed by atoms with van der Waals surface area (Å²) in [5, 5.41) is 19.4. The Morgan fingerprint density at radius 2 is 2.21 bits per heavy atom. The summed E-state index contributed by atoms with van der Waals surface area (Å²) < 4.78 is 5.42. The van der Waals surface area contributed by atoms with Gasteiger partial charge in [-0.3, -0.25) is 9.69 Å². The second-order valence-corrected chi connectivity index (χ2v) is 4.95. The molecule has 104 valence electrons. The van der Waals surface area contributed by atoms with Crippen LogP contribution in [0.4, 0.5) is 0 Å². The first-order chi connectivity index (χ1) is 8.99. The average Bonchev–Trinajstić information content (AvgIpc) is 2.36. The number of hydrogen-bond donors (Lipinski definition) is 2. The Labute approximate surface area is 112 Å². The molecular weight excluding hydrogens is 246 g/mol. The smallest absolute Gasteiger partial charge is 0.180 e. The van der Waals surface area contributed by atoms with Gasteiger partial charge in [0.2, 0.25) is 0 Å². The number of aromatic hydroxyl groups is 2. The second kappa shape index (κ2) is 5.59. The third-order valence-corrected chi connectivity index (χ3v) is 3.40. The molecule has 1 aliphatic rings. The molecule has 0 bridgehead atoms.